The van der Waals surface area contributed by atoms with Crippen LogP contribution in [0, 0.1) is 11.7 Å². The van der Waals surface area contributed by atoms with E-state index in [0.29, 0.717) is 30.3 Å². The van der Waals surface area contributed by atoms with Gasteiger partial charge in [0.2, 0.25) is 0 Å². The third kappa shape index (κ3) is 5.56. The van der Waals surface area contributed by atoms with Gasteiger partial charge in [-0.25, -0.2) is 9.18 Å². The number of nitrogens with one attached hydrogen (secondary N) is 2. The number of likely N-dealkylation sites (tertiary alicyclic amines) is 1. The van der Waals surface area contributed by atoms with E-state index in [-0.39, 0.29) is 17.9 Å². The van der Waals surface area contributed by atoms with E-state index in [9.17, 15) is 9.18 Å². The minimum absolute atomic E-state index is 0.261. The Morgan fingerprint density at radius 3 is 2.77 bits per heavy atom. The van der Waals surface area contributed by atoms with Gasteiger partial charge in [-0.3, -0.25) is 4.90 Å². The van der Waals surface area contributed by atoms with Crippen molar-refractivity contribution < 1.29 is 13.9 Å². The Morgan fingerprint density at radius 1 is 1.31 bits per heavy atom. The zero-order valence-corrected chi connectivity index (χ0v) is 15.7. The summed E-state index contributed by atoms with van der Waals surface area (Å²) in [6, 6.07) is 4.19. The lowest BCUT2D eigenvalue weighted by Gasteiger charge is -2.29. The van der Waals surface area contributed by atoms with Crippen LogP contribution in [0.25, 0.3) is 0 Å². The molecule has 1 saturated heterocycles. The molecule has 2 amide bonds. The van der Waals surface area contributed by atoms with Gasteiger partial charge in [0.25, 0.3) is 0 Å². The Morgan fingerprint density at radius 2 is 2.08 bits per heavy atom. The van der Waals surface area contributed by atoms with Gasteiger partial charge in [0.05, 0.1) is 12.6 Å². The highest BCUT2D eigenvalue weighted by Crippen LogP contribution is 2.32. The molecule has 1 heterocycles. The second-order valence-corrected chi connectivity index (χ2v) is 7.46. The zero-order valence-electron chi connectivity index (χ0n) is 15.0. The summed E-state index contributed by atoms with van der Waals surface area (Å²) in [6.45, 7) is 3.84. The van der Waals surface area contributed by atoms with Crippen molar-refractivity contribution in [2.45, 2.75) is 31.7 Å². The van der Waals surface area contributed by atoms with Crippen LogP contribution in [0.4, 0.5) is 9.18 Å². The van der Waals surface area contributed by atoms with Gasteiger partial charge in [0, 0.05) is 30.3 Å². The fourth-order valence-electron chi connectivity index (χ4n) is 3.32. The highest BCUT2D eigenvalue weighted by atomic mass is 35.5. The summed E-state index contributed by atoms with van der Waals surface area (Å²) < 4.78 is 19.9. The van der Waals surface area contributed by atoms with Gasteiger partial charge in [-0.2, -0.15) is 0 Å². The number of rotatable bonds is 9. The number of hydrogen-bond acceptors (Lipinski definition) is 3. The van der Waals surface area contributed by atoms with E-state index in [1.54, 1.807) is 12.1 Å². The van der Waals surface area contributed by atoms with Crippen LogP contribution < -0.4 is 10.6 Å². The van der Waals surface area contributed by atoms with Crippen LogP contribution in [-0.2, 0) is 4.74 Å². The average Bonchev–Trinajstić information content (AvgIpc) is 3.28. The molecule has 0 aromatic heterocycles. The molecule has 144 valence electrons. The maximum atomic E-state index is 14.4. The van der Waals surface area contributed by atoms with Crippen LogP contribution in [-0.4, -0.2) is 50.3 Å². The van der Waals surface area contributed by atoms with Gasteiger partial charge in [-0.1, -0.05) is 17.7 Å². The van der Waals surface area contributed by atoms with Crippen molar-refractivity contribution in [3.05, 3.63) is 34.6 Å². The van der Waals surface area contributed by atoms with Crippen molar-refractivity contribution in [1.82, 2.24) is 15.5 Å². The van der Waals surface area contributed by atoms with Crippen LogP contribution >= 0.6 is 11.6 Å². The highest BCUT2D eigenvalue weighted by molar-refractivity contribution is 6.31. The molecule has 1 aliphatic heterocycles. The first-order chi connectivity index (χ1) is 12.6. The molecule has 0 bridgehead atoms. The van der Waals surface area contributed by atoms with E-state index in [4.69, 9.17) is 16.3 Å². The molecule has 0 radical (unpaired) electrons. The molecule has 1 aromatic carbocycles. The SMILES string of the molecule is O=C(NCCOCC1CC1)NCC(c1c(F)cccc1Cl)N1CCCC1. The second kappa shape index (κ2) is 9.53. The molecule has 1 aromatic rings. The van der Waals surface area contributed by atoms with Crippen LogP contribution in [0.3, 0.4) is 0 Å². The number of amides is 2. The highest BCUT2D eigenvalue weighted by Gasteiger charge is 2.28. The number of benzene rings is 1. The van der Waals surface area contributed by atoms with E-state index < -0.39 is 0 Å². The largest absolute Gasteiger partial charge is 0.379 e. The zero-order chi connectivity index (χ0) is 18.4. The standard InChI is InChI=1S/C19H27ClFN3O2/c20-15-4-3-5-16(21)18(15)17(24-9-1-2-10-24)12-23-19(25)22-8-11-26-13-14-6-7-14/h3-5,14,17H,1-2,6-13H2,(H2,22,23,25). The lowest BCUT2D eigenvalue weighted by molar-refractivity contribution is 0.126. The number of carbonyl (C=O) groups is 1. The quantitative estimate of drug-likeness (QED) is 0.643. The summed E-state index contributed by atoms with van der Waals surface area (Å²) in [5.41, 5.74) is 0.462. The molecule has 7 heteroatoms. The van der Waals surface area contributed by atoms with E-state index in [0.717, 1.165) is 38.5 Å². The fraction of sp³-hybridized carbons (Fsp3) is 0.632. The Balaban J connectivity index is 1.50. The van der Waals surface area contributed by atoms with Crippen LogP contribution in [0.1, 0.15) is 37.3 Å². The predicted octanol–water partition coefficient (Wildman–Crippen LogP) is 3.34. The average molecular weight is 384 g/mol. The summed E-state index contributed by atoms with van der Waals surface area (Å²) in [5.74, 6) is 0.389. The molecule has 2 N–H and O–H groups in total. The Kier molecular flexibility index (Phi) is 7.11. The molecule has 2 aliphatic rings. The van der Waals surface area contributed by atoms with E-state index in [1.165, 1.54) is 18.9 Å². The number of nitrogens with zero attached hydrogens (tertiary/aromatic N) is 1. The first-order valence-electron chi connectivity index (χ1n) is 9.42. The lowest BCUT2D eigenvalue weighted by Crippen LogP contribution is -2.42. The molecule has 1 atom stereocenters. The van der Waals surface area contributed by atoms with E-state index in [1.807, 2.05) is 0 Å². The number of carbonyl (C=O) groups excluding carboxylic acids is 1. The van der Waals surface area contributed by atoms with Crippen LogP contribution in [0.5, 0.6) is 0 Å². The normalized spacial score (nSPS) is 18.7. The minimum atomic E-state index is -0.329. The van der Waals surface area contributed by atoms with Gasteiger partial charge in [0.15, 0.2) is 0 Å². The van der Waals surface area contributed by atoms with Crippen molar-refractivity contribution in [1.29, 1.82) is 0 Å². The fourth-order valence-corrected chi connectivity index (χ4v) is 3.61. The molecule has 1 aliphatic carbocycles. The second-order valence-electron chi connectivity index (χ2n) is 7.05. The smallest absolute Gasteiger partial charge is 0.314 e. The molecule has 0 spiro atoms. The maximum absolute atomic E-state index is 14.4. The van der Waals surface area contributed by atoms with Crippen molar-refractivity contribution in [2.24, 2.45) is 5.92 Å². The van der Waals surface area contributed by atoms with Crippen molar-refractivity contribution in [2.75, 3.05) is 39.4 Å². The molecule has 1 unspecified atom stereocenters. The summed E-state index contributed by atoms with van der Waals surface area (Å²) in [6.07, 6.45) is 4.66. The number of urea groups is 1. The maximum Gasteiger partial charge on any atom is 0.314 e. The van der Waals surface area contributed by atoms with Gasteiger partial charge in [-0.05, 0) is 56.8 Å². The third-order valence-electron chi connectivity index (χ3n) is 4.95. The molecular weight excluding hydrogens is 357 g/mol. The summed E-state index contributed by atoms with van der Waals surface area (Å²) in [7, 11) is 0. The Labute approximate surface area is 159 Å². The first kappa shape index (κ1) is 19.4. The molecular formula is C19H27ClFN3O2. The summed E-state index contributed by atoms with van der Waals surface area (Å²) in [5, 5.41) is 6.04. The van der Waals surface area contributed by atoms with Crippen LogP contribution in [0.15, 0.2) is 18.2 Å². The van der Waals surface area contributed by atoms with E-state index in [2.05, 4.69) is 15.5 Å². The Bertz CT molecular complexity index is 586. The van der Waals surface area contributed by atoms with Crippen LogP contribution in [0.2, 0.25) is 5.02 Å². The van der Waals surface area contributed by atoms with Crippen molar-refractivity contribution in [3.8, 4) is 0 Å². The number of ether oxygens (including phenoxy) is 1. The van der Waals surface area contributed by atoms with Crippen molar-refractivity contribution >= 4 is 17.6 Å². The van der Waals surface area contributed by atoms with Gasteiger partial charge >= 0.3 is 6.03 Å². The molecule has 1 saturated carbocycles. The number of halogens is 2. The predicted molar refractivity (Wildman–Crippen MR) is 99.9 cm³/mol. The Hall–Kier alpha value is -1.37. The molecule has 3 rings (SSSR count). The van der Waals surface area contributed by atoms with E-state index >= 15 is 0 Å². The topological polar surface area (TPSA) is 53.6 Å². The number of hydrogen-bond donors (Lipinski definition) is 2. The van der Waals surface area contributed by atoms with Gasteiger partial charge < -0.3 is 15.4 Å². The van der Waals surface area contributed by atoms with Crippen molar-refractivity contribution in [3.63, 3.8) is 0 Å². The first-order valence-corrected chi connectivity index (χ1v) is 9.80. The summed E-state index contributed by atoms with van der Waals surface area (Å²) >= 11 is 6.26. The molecule has 2 fully saturated rings. The molecule has 5 nitrogen and oxygen atoms in total. The van der Waals surface area contributed by atoms with Gasteiger partial charge in [-0.15, -0.1) is 0 Å². The third-order valence-corrected chi connectivity index (χ3v) is 5.28. The van der Waals surface area contributed by atoms with Gasteiger partial charge in [0.1, 0.15) is 5.82 Å². The lowest BCUT2D eigenvalue weighted by atomic mass is 10.0. The molecule has 26 heavy (non-hydrogen) atoms. The summed E-state index contributed by atoms with van der Waals surface area (Å²) in [4.78, 5) is 14.2. The monoisotopic (exact) mass is 383 g/mol. The minimum Gasteiger partial charge on any atom is -0.379 e.